The zero-order valence-corrected chi connectivity index (χ0v) is 10.4. The van der Waals surface area contributed by atoms with Crippen LogP contribution in [0.15, 0.2) is 36.5 Å². The summed E-state index contributed by atoms with van der Waals surface area (Å²) < 4.78 is 10.2. The number of nitrogens with one attached hydrogen (secondary N) is 1. The molecule has 2 rings (SSSR count). The Bertz CT molecular complexity index is 503. The molecule has 0 unspecified atom stereocenters. The van der Waals surface area contributed by atoms with Crippen molar-refractivity contribution < 1.29 is 9.47 Å². The lowest BCUT2D eigenvalue weighted by Crippen LogP contribution is -2.05. The van der Waals surface area contributed by atoms with Crippen LogP contribution in [0.2, 0.25) is 0 Å². The van der Waals surface area contributed by atoms with E-state index < -0.39 is 0 Å². The lowest BCUT2D eigenvalue weighted by Gasteiger charge is -2.08. The topological polar surface area (TPSA) is 56.3 Å². The first kappa shape index (κ1) is 12.2. The van der Waals surface area contributed by atoms with Gasteiger partial charge in [0.15, 0.2) is 5.75 Å². The van der Waals surface area contributed by atoms with Crippen LogP contribution in [0, 0.1) is 0 Å². The van der Waals surface area contributed by atoms with E-state index >= 15 is 0 Å². The predicted molar refractivity (Wildman–Crippen MR) is 68.9 cm³/mol. The second kappa shape index (κ2) is 5.86. The summed E-state index contributed by atoms with van der Waals surface area (Å²) in [6.45, 7) is 0.663. The summed E-state index contributed by atoms with van der Waals surface area (Å²) in [4.78, 5) is 8.35. The van der Waals surface area contributed by atoms with E-state index in [1.165, 1.54) is 0 Å². The number of methoxy groups -OCH3 is 2. The van der Waals surface area contributed by atoms with Crippen molar-refractivity contribution in [3.63, 3.8) is 0 Å². The minimum absolute atomic E-state index is 0.420. The van der Waals surface area contributed by atoms with Crippen molar-refractivity contribution in [1.29, 1.82) is 0 Å². The number of hydrogen-bond acceptors (Lipinski definition) is 5. The van der Waals surface area contributed by atoms with Crippen molar-refractivity contribution in [3.05, 3.63) is 42.1 Å². The fourth-order valence-corrected chi connectivity index (χ4v) is 1.50. The molecule has 5 heteroatoms. The van der Waals surface area contributed by atoms with Crippen molar-refractivity contribution in [3.8, 4) is 11.6 Å². The van der Waals surface area contributed by atoms with Gasteiger partial charge in [0.1, 0.15) is 0 Å². The summed E-state index contributed by atoms with van der Waals surface area (Å²) >= 11 is 0. The molecule has 1 aromatic heterocycles. The summed E-state index contributed by atoms with van der Waals surface area (Å²) in [7, 11) is 3.10. The van der Waals surface area contributed by atoms with Crippen LogP contribution in [0.4, 0.5) is 5.95 Å². The van der Waals surface area contributed by atoms with Crippen LogP contribution in [-0.4, -0.2) is 24.2 Å². The minimum atomic E-state index is 0.420. The Labute approximate surface area is 106 Å². The van der Waals surface area contributed by atoms with Crippen molar-refractivity contribution in [2.45, 2.75) is 6.54 Å². The summed E-state index contributed by atoms with van der Waals surface area (Å²) in [6, 6.07) is 10.0. The molecule has 0 atom stereocenters. The second-order valence-electron chi connectivity index (χ2n) is 3.61. The average Bonchev–Trinajstić information content (AvgIpc) is 2.45. The van der Waals surface area contributed by atoms with Crippen LogP contribution in [0.1, 0.15) is 5.56 Å². The van der Waals surface area contributed by atoms with Gasteiger partial charge in [-0.05, 0) is 5.56 Å². The highest BCUT2D eigenvalue weighted by Crippen LogP contribution is 2.23. The number of anilines is 1. The van der Waals surface area contributed by atoms with E-state index in [9.17, 15) is 0 Å². The monoisotopic (exact) mass is 245 g/mol. The maximum Gasteiger partial charge on any atom is 0.261 e. The molecule has 94 valence electrons. The first-order valence-electron chi connectivity index (χ1n) is 5.56. The van der Waals surface area contributed by atoms with Gasteiger partial charge in [0.2, 0.25) is 5.95 Å². The number of nitrogens with zero attached hydrogens (tertiary/aromatic N) is 2. The van der Waals surface area contributed by atoms with E-state index in [0.29, 0.717) is 24.1 Å². The maximum atomic E-state index is 5.11. The van der Waals surface area contributed by atoms with Gasteiger partial charge < -0.3 is 14.8 Å². The van der Waals surface area contributed by atoms with Crippen molar-refractivity contribution in [1.82, 2.24) is 9.97 Å². The fraction of sp³-hybridized carbons (Fsp3) is 0.231. The molecule has 2 aromatic rings. The molecule has 0 spiro atoms. The lowest BCUT2D eigenvalue weighted by atomic mass is 10.2. The van der Waals surface area contributed by atoms with Crippen molar-refractivity contribution >= 4 is 5.95 Å². The second-order valence-corrected chi connectivity index (χ2v) is 3.61. The Kier molecular flexibility index (Phi) is 3.96. The van der Waals surface area contributed by atoms with Gasteiger partial charge in [0.05, 0.1) is 20.4 Å². The highest BCUT2D eigenvalue weighted by molar-refractivity contribution is 5.38. The zero-order chi connectivity index (χ0) is 12.8. The Hall–Kier alpha value is -2.30. The van der Waals surface area contributed by atoms with Crippen LogP contribution < -0.4 is 14.8 Å². The predicted octanol–water partition coefficient (Wildman–Crippen LogP) is 2.11. The molecule has 0 aliphatic heterocycles. The van der Waals surface area contributed by atoms with Crippen LogP contribution in [-0.2, 0) is 6.54 Å². The SMILES string of the molecule is COc1cnc(NCc2ccccc2)nc1OC. The van der Waals surface area contributed by atoms with E-state index in [1.54, 1.807) is 20.4 Å². The zero-order valence-electron chi connectivity index (χ0n) is 10.4. The fourth-order valence-electron chi connectivity index (χ4n) is 1.50. The summed E-state index contributed by atoms with van der Waals surface area (Å²) in [5, 5.41) is 3.13. The molecule has 0 bridgehead atoms. The normalized spacial score (nSPS) is 9.89. The quantitative estimate of drug-likeness (QED) is 0.874. The number of aromatic nitrogens is 2. The number of benzene rings is 1. The molecule has 1 aromatic carbocycles. The highest BCUT2D eigenvalue weighted by Gasteiger charge is 2.07. The van der Waals surface area contributed by atoms with E-state index in [4.69, 9.17) is 9.47 Å². The molecular formula is C13H15N3O2. The third-order valence-corrected chi connectivity index (χ3v) is 2.43. The Balaban J connectivity index is 2.06. The van der Waals surface area contributed by atoms with Crippen molar-refractivity contribution in [2.24, 2.45) is 0 Å². The van der Waals surface area contributed by atoms with Gasteiger partial charge >= 0.3 is 0 Å². The molecule has 5 nitrogen and oxygen atoms in total. The molecule has 1 heterocycles. The first-order valence-corrected chi connectivity index (χ1v) is 5.56. The smallest absolute Gasteiger partial charge is 0.261 e. The van der Waals surface area contributed by atoms with Crippen LogP contribution >= 0.6 is 0 Å². The van der Waals surface area contributed by atoms with Gasteiger partial charge in [-0.3, -0.25) is 0 Å². The lowest BCUT2D eigenvalue weighted by molar-refractivity contribution is 0.341. The molecule has 0 aliphatic rings. The van der Waals surface area contributed by atoms with Gasteiger partial charge in [-0.15, -0.1) is 0 Å². The Morgan fingerprint density at radius 3 is 2.56 bits per heavy atom. The number of ether oxygens (including phenoxy) is 2. The number of rotatable bonds is 5. The molecule has 0 radical (unpaired) electrons. The van der Waals surface area contributed by atoms with Gasteiger partial charge in [-0.1, -0.05) is 30.3 Å². The molecule has 1 N–H and O–H groups in total. The van der Waals surface area contributed by atoms with E-state index in [0.717, 1.165) is 5.56 Å². The number of hydrogen-bond donors (Lipinski definition) is 1. The van der Waals surface area contributed by atoms with Crippen LogP contribution in [0.25, 0.3) is 0 Å². The highest BCUT2D eigenvalue weighted by atomic mass is 16.5. The summed E-state index contributed by atoms with van der Waals surface area (Å²) in [5.41, 5.74) is 1.16. The Morgan fingerprint density at radius 2 is 1.89 bits per heavy atom. The molecular weight excluding hydrogens is 230 g/mol. The molecule has 0 fully saturated rings. The maximum absolute atomic E-state index is 5.11. The van der Waals surface area contributed by atoms with E-state index in [-0.39, 0.29) is 0 Å². The standard InChI is InChI=1S/C13H15N3O2/c1-17-11-9-15-13(16-12(11)18-2)14-8-10-6-4-3-5-7-10/h3-7,9H,8H2,1-2H3,(H,14,15,16). The minimum Gasteiger partial charge on any atom is -0.490 e. The largest absolute Gasteiger partial charge is 0.490 e. The van der Waals surface area contributed by atoms with Gasteiger partial charge in [0, 0.05) is 6.54 Å². The van der Waals surface area contributed by atoms with Gasteiger partial charge in [-0.25, -0.2) is 4.98 Å². The average molecular weight is 245 g/mol. The summed E-state index contributed by atoms with van der Waals surface area (Å²) in [6.07, 6.45) is 1.58. The van der Waals surface area contributed by atoms with Crippen molar-refractivity contribution in [2.75, 3.05) is 19.5 Å². The Morgan fingerprint density at radius 1 is 1.11 bits per heavy atom. The van der Waals surface area contributed by atoms with E-state index in [2.05, 4.69) is 15.3 Å². The van der Waals surface area contributed by atoms with Gasteiger partial charge in [0.25, 0.3) is 5.88 Å². The van der Waals surface area contributed by atoms with Crippen LogP contribution in [0.3, 0.4) is 0 Å². The molecule has 0 saturated heterocycles. The molecule has 18 heavy (non-hydrogen) atoms. The van der Waals surface area contributed by atoms with E-state index in [1.807, 2.05) is 30.3 Å². The first-order chi connectivity index (χ1) is 8.83. The molecule has 0 saturated carbocycles. The van der Waals surface area contributed by atoms with Gasteiger partial charge in [-0.2, -0.15) is 4.98 Å². The summed E-state index contributed by atoms with van der Waals surface area (Å²) in [5.74, 6) is 1.45. The molecule has 0 amide bonds. The molecule has 0 aliphatic carbocycles. The third kappa shape index (κ3) is 2.88. The van der Waals surface area contributed by atoms with Crippen LogP contribution in [0.5, 0.6) is 11.6 Å². The third-order valence-electron chi connectivity index (χ3n) is 2.43.